The van der Waals surface area contributed by atoms with Crippen LogP contribution in [0.3, 0.4) is 0 Å². The fourth-order valence-electron chi connectivity index (χ4n) is 1.67. The van der Waals surface area contributed by atoms with Gasteiger partial charge in [-0.05, 0) is 25.0 Å². The first kappa shape index (κ1) is 12.9. The molecule has 0 saturated carbocycles. The highest BCUT2D eigenvalue weighted by atomic mass is 32.2. The van der Waals surface area contributed by atoms with E-state index in [2.05, 4.69) is 43.7 Å². The van der Waals surface area contributed by atoms with Crippen molar-refractivity contribution in [3.63, 3.8) is 0 Å². The molecular formula is C12H18OS2. The molecule has 0 heterocycles. The van der Waals surface area contributed by atoms with E-state index in [-0.39, 0.29) is 5.60 Å². The minimum Gasteiger partial charge on any atom is -0.372 e. The van der Waals surface area contributed by atoms with Gasteiger partial charge in [0.05, 0.1) is 4.58 Å². The van der Waals surface area contributed by atoms with E-state index in [0.717, 1.165) is 0 Å². The average molecular weight is 242 g/mol. The van der Waals surface area contributed by atoms with Crippen LogP contribution in [0.5, 0.6) is 0 Å². The van der Waals surface area contributed by atoms with Crippen LogP contribution in [-0.4, -0.2) is 24.2 Å². The Morgan fingerprint density at radius 2 is 1.67 bits per heavy atom. The number of benzene rings is 1. The second kappa shape index (κ2) is 5.83. The molecule has 0 aliphatic carbocycles. The summed E-state index contributed by atoms with van der Waals surface area (Å²) in [7, 11) is 1.78. The molecule has 1 aromatic carbocycles. The van der Waals surface area contributed by atoms with Gasteiger partial charge in [0.25, 0.3) is 0 Å². The fourth-order valence-corrected chi connectivity index (χ4v) is 3.80. The third-order valence-corrected chi connectivity index (χ3v) is 5.56. The summed E-state index contributed by atoms with van der Waals surface area (Å²) in [5.41, 5.74) is 1.02. The molecule has 0 aromatic heterocycles. The molecule has 1 atom stereocenters. The van der Waals surface area contributed by atoms with Crippen molar-refractivity contribution in [2.45, 2.75) is 17.1 Å². The van der Waals surface area contributed by atoms with E-state index in [9.17, 15) is 0 Å². The summed E-state index contributed by atoms with van der Waals surface area (Å²) in [6.45, 7) is 2.15. The summed E-state index contributed by atoms with van der Waals surface area (Å²) in [4.78, 5) is 0. The first-order chi connectivity index (χ1) is 7.19. The van der Waals surface area contributed by atoms with Gasteiger partial charge in [0, 0.05) is 7.11 Å². The van der Waals surface area contributed by atoms with Crippen LogP contribution in [0.2, 0.25) is 0 Å². The number of rotatable bonds is 5. The van der Waals surface area contributed by atoms with Gasteiger partial charge in [-0.15, -0.1) is 23.5 Å². The summed E-state index contributed by atoms with van der Waals surface area (Å²) in [5.74, 6) is 0. The van der Waals surface area contributed by atoms with Crippen molar-refractivity contribution < 1.29 is 4.74 Å². The van der Waals surface area contributed by atoms with Gasteiger partial charge in [0.2, 0.25) is 0 Å². The Bertz CT molecular complexity index is 285. The minimum atomic E-state index is -0.222. The maximum atomic E-state index is 5.73. The summed E-state index contributed by atoms with van der Waals surface area (Å²) < 4.78 is 6.13. The topological polar surface area (TPSA) is 9.23 Å². The van der Waals surface area contributed by atoms with Crippen LogP contribution in [0.15, 0.2) is 30.3 Å². The molecule has 1 rings (SSSR count). The second-order valence-corrected chi connectivity index (χ2v) is 5.66. The Kier molecular flexibility index (Phi) is 5.03. The van der Waals surface area contributed by atoms with E-state index in [0.29, 0.717) is 4.58 Å². The van der Waals surface area contributed by atoms with E-state index < -0.39 is 0 Å². The van der Waals surface area contributed by atoms with Gasteiger partial charge in [0.1, 0.15) is 5.60 Å². The van der Waals surface area contributed by atoms with E-state index in [1.807, 2.05) is 29.6 Å². The molecule has 0 saturated heterocycles. The molecule has 1 unspecified atom stereocenters. The maximum absolute atomic E-state index is 5.73. The largest absolute Gasteiger partial charge is 0.372 e. The Morgan fingerprint density at radius 3 is 2.07 bits per heavy atom. The highest BCUT2D eigenvalue weighted by molar-refractivity contribution is 8.16. The number of hydrogen-bond donors (Lipinski definition) is 0. The molecule has 0 amide bonds. The fraction of sp³-hybridized carbons (Fsp3) is 0.500. The molecule has 0 radical (unpaired) electrons. The predicted octanol–water partition coefficient (Wildman–Crippen LogP) is 3.60. The van der Waals surface area contributed by atoms with Crippen molar-refractivity contribution in [3.8, 4) is 0 Å². The zero-order valence-corrected chi connectivity index (χ0v) is 11.3. The molecule has 0 spiro atoms. The molecule has 0 N–H and O–H groups in total. The van der Waals surface area contributed by atoms with Crippen LogP contribution in [-0.2, 0) is 10.3 Å². The zero-order valence-electron chi connectivity index (χ0n) is 9.69. The quantitative estimate of drug-likeness (QED) is 0.730. The van der Waals surface area contributed by atoms with Crippen LogP contribution in [0.25, 0.3) is 0 Å². The van der Waals surface area contributed by atoms with Crippen LogP contribution in [0.1, 0.15) is 12.5 Å². The van der Waals surface area contributed by atoms with Crippen molar-refractivity contribution in [2.24, 2.45) is 0 Å². The predicted molar refractivity (Wildman–Crippen MR) is 71.6 cm³/mol. The molecule has 15 heavy (non-hydrogen) atoms. The van der Waals surface area contributed by atoms with Crippen molar-refractivity contribution in [1.29, 1.82) is 0 Å². The number of hydrogen-bond acceptors (Lipinski definition) is 3. The second-order valence-electron chi connectivity index (χ2n) is 3.48. The standard InChI is InChI=1S/C12H18OS2/c1-12(13-2,11(14-3)15-4)10-8-6-5-7-9-10/h5-9,11H,1-4H3. The molecule has 0 aliphatic heterocycles. The summed E-state index contributed by atoms with van der Waals surface area (Å²) in [5, 5.41) is 0. The van der Waals surface area contributed by atoms with Crippen molar-refractivity contribution >= 4 is 23.5 Å². The number of methoxy groups -OCH3 is 1. The van der Waals surface area contributed by atoms with Gasteiger partial charge in [-0.2, -0.15) is 0 Å². The first-order valence-electron chi connectivity index (χ1n) is 4.85. The lowest BCUT2D eigenvalue weighted by molar-refractivity contribution is 0.0170. The minimum absolute atomic E-state index is 0.222. The first-order valence-corrected chi connectivity index (χ1v) is 7.43. The van der Waals surface area contributed by atoms with E-state index in [4.69, 9.17) is 4.74 Å². The number of thioether (sulfide) groups is 2. The van der Waals surface area contributed by atoms with Gasteiger partial charge < -0.3 is 4.74 Å². The molecule has 0 aliphatic rings. The lowest BCUT2D eigenvalue weighted by Gasteiger charge is -2.35. The van der Waals surface area contributed by atoms with Gasteiger partial charge in [-0.3, -0.25) is 0 Å². The van der Waals surface area contributed by atoms with Crippen LogP contribution < -0.4 is 0 Å². The lowest BCUT2D eigenvalue weighted by Crippen LogP contribution is -2.34. The summed E-state index contributed by atoms with van der Waals surface area (Å²) >= 11 is 3.67. The van der Waals surface area contributed by atoms with Gasteiger partial charge >= 0.3 is 0 Å². The molecule has 3 heteroatoms. The monoisotopic (exact) mass is 242 g/mol. The van der Waals surface area contributed by atoms with E-state index in [1.54, 1.807) is 7.11 Å². The maximum Gasteiger partial charge on any atom is 0.111 e. The SMILES string of the molecule is COC(C)(c1ccccc1)C(SC)SC. The number of ether oxygens (including phenoxy) is 1. The third-order valence-electron chi connectivity index (χ3n) is 2.65. The molecular weight excluding hydrogens is 224 g/mol. The highest BCUT2D eigenvalue weighted by Crippen LogP contribution is 2.39. The van der Waals surface area contributed by atoms with E-state index in [1.165, 1.54) is 5.56 Å². The van der Waals surface area contributed by atoms with Crippen LogP contribution in [0.4, 0.5) is 0 Å². The molecule has 1 aromatic rings. The van der Waals surface area contributed by atoms with Gasteiger partial charge in [-0.1, -0.05) is 30.3 Å². The van der Waals surface area contributed by atoms with Gasteiger partial charge in [0.15, 0.2) is 0 Å². The molecule has 0 fully saturated rings. The van der Waals surface area contributed by atoms with E-state index >= 15 is 0 Å². The Labute approximate surface area is 101 Å². The Morgan fingerprint density at radius 1 is 1.13 bits per heavy atom. The smallest absolute Gasteiger partial charge is 0.111 e. The lowest BCUT2D eigenvalue weighted by atomic mass is 9.98. The highest BCUT2D eigenvalue weighted by Gasteiger charge is 2.35. The van der Waals surface area contributed by atoms with Crippen LogP contribution in [0, 0.1) is 0 Å². The van der Waals surface area contributed by atoms with Gasteiger partial charge in [-0.25, -0.2) is 0 Å². The average Bonchev–Trinajstić information content (AvgIpc) is 2.31. The normalized spacial score (nSPS) is 15.3. The van der Waals surface area contributed by atoms with Crippen molar-refractivity contribution in [3.05, 3.63) is 35.9 Å². The zero-order chi connectivity index (χ0) is 11.3. The summed E-state index contributed by atoms with van der Waals surface area (Å²) in [6.07, 6.45) is 4.25. The molecule has 84 valence electrons. The molecule has 0 bridgehead atoms. The molecule has 1 nitrogen and oxygen atoms in total. The Balaban J connectivity index is 3.04. The Hall–Kier alpha value is -0.120. The third kappa shape index (κ3) is 2.71. The summed E-state index contributed by atoms with van der Waals surface area (Å²) in [6, 6.07) is 10.4. The van der Waals surface area contributed by atoms with Crippen molar-refractivity contribution in [1.82, 2.24) is 0 Å². The van der Waals surface area contributed by atoms with Crippen LogP contribution >= 0.6 is 23.5 Å². The van der Waals surface area contributed by atoms with Crippen molar-refractivity contribution in [2.75, 3.05) is 19.6 Å².